The highest BCUT2D eigenvalue weighted by molar-refractivity contribution is 9.10. The predicted molar refractivity (Wildman–Crippen MR) is 85.0 cm³/mol. The molecule has 4 nitrogen and oxygen atoms in total. The summed E-state index contributed by atoms with van der Waals surface area (Å²) in [7, 11) is 1.51. The van der Waals surface area contributed by atoms with E-state index in [1.807, 2.05) is 0 Å². The Balaban J connectivity index is 2.13. The Kier molecular flexibility index (Phi) is 4.04. The molecule has 21 heavy (non-hydrogen) atoms. The molecule has 1 aromatic heterocycles. The fourth-order valence-electron chi connectivity index (χ4n) is 2.54. The van der Waals surface area contributed by atoms with Crippen molar-refractivity contribution >= 4 is 27.5 Å². The minimum absolute atomic E-state index is 0.0605. The van der Waals surface area contributed by atoms with Crippen molar-refractivity contribution in [1.82, 2.24) is 9.97 Å². The van der Waals surface area contributed by atoms with E-state index < -0.39 is 0 Å². The van der Waals surface area contributed by atoms with E-state index >= 15 is 0 Å². The summed E-state index contributed by atoms with van der Waals surface area (Å²) in [4.78, 5) is 9.04. The largest absolute Gasteiger partial charge is 0.503 e. The molecule has 110 valence electrons. The molecule has 1 aliphatic rings. The fourth-order valence-corrected chi connectivity index (χ4v) is 3.26. The Labute approximate surface area is 136 Å². The molecule has 0 amide bonds. The van der Waals surface area contributed by atoms with Gasteiger partial charge in [-0.1, -0.05) is 11.6 Å². The average Bonchev–Trinajstić information content (AvgIpc) is 2.50. The number of fused-ring (bicyclic) bond motifs is 1. The molecule has 1 N–H and O–H groups in total. The Hall–Kier alpha value is -1.33. The van der Waals surface area contributed by atoms with Crippen molar-refractivity contribution in [2.75, 3.05) is 7.11 Å². The first-order chi connectivity index (χ1) is 10.1. The zero-order chi connectivity index (χ0) is 15.0. The van der Waals surface area contributed by atoms with Crippen molar-refractivity contribution in [2.24, 2.45) is 0 Å². The summed E-state index contributed by atoms with van der Waals surface area (Å²) in [6, 6.07) is 3.47. The van der Waals surface area contributed by atoms with Crippen LogP contribution in [0.1, 0.15) is 24.1 Å². The number of halogens is 2. The minimum atomic E-state index is 0.0605. The number of nitrogens with zero attached hydrogens (tertiary/aromatic N) is 2. The number of benzene rings is 1. The van der Waals surface area contributed by atoms with Gasteiger partial charge in [-0.15, -0.1) is 0 Å². The third-order valence-corrected chi connectivity index (χ3v) is 4.56. The standard InChI is InChI=1S/C15H14BrClN2O2/c1-21-12-7-8(6-10(16)13(12)20)15-18-11-5-3-2-4-9(11)14(17)19-15/h6-7,20H,2-5H2,1H3. The molecule has 0 saturated carbocycles. The van der Waals surface area contributed by atoms with E-state index in [0.29, 0.717) is 21.2 Å². The van der Waals surface area contributed by atoms with Crippen molar-refractivity contribution < 1.29 is 9.84 Å². The zero-order valence-electron chi connectivity index (χ0n) is 11.5. The Morgan fingerprint density at radius 2 is 2.00 bits per heavy atom. The summed E-state index contributed by atoms with van der Waals surface area (Å²) >= 11 is 9.61. The maximum atomic E-state index is 9.88. The van der Waals surface area contributed by atoms with Crippen LogP contribution >= 0.6 is 27.5 Å². The second kappa shape index (κ2) is 5.81. The van der Waals surface area contributed by atoms with Gasteiger partial charge in [-0.3, -0.25) is 0 Å². The van der Waals surface area contributed by atoms with E-state index in [2.05, 4.69) is 25.9 Å². The molecule has 0 atom stereocenters. The van der Waals surface area contributed by atoms with Gasteiger partial charge in [-0.25, -0.2) is 9.97 Å². The third kappa shape index (κ3) is 2.72. The number of aromatic hydroxyl groups is 1. The highest BCUT2D eigenvalue weighted by Gasteiger charge is 2.18. The lowest BCUT2D eigenvalue weighted by atomic mass is 9.97. The molecule has 1 aliphatic carbocycles. The number of rotatable bonds is 2. The average molecular weight is 370 g/mol. The normalized spacial score (nSPS) is 13.9. The molecule has 0 unspecified atom stereocenters. The fraction of sp³-hybridized carbons (Fsp3) is 0.333. The van der Waals surface area contributed by atoms with E-state index in [9.17, 15) is 5.11 Å². The first-order valence-electron chi connectivity index (χ1n) is 6.72. The lowest BCUT2D eigenvalue weighted by molar-refractivity contribution is 0.372. The van der Waals surface area contributed by atoms with Crippen LogP contribution in [0.3, 0.4) is 0 Å². The second-order valence-electron chi connectivity index (χ2n) is 4.98. The monoisotopic (exact) mass is 368 g/mol. The van der Waals surface area contributed by atoms with E-state index in [0.717, 1.165) is 42.5 Å². The number of aromatic nitrogens is 2. The maximum Gasteiger partial charge on any atom is 0.172 e. The summed E-state index contributed by atoms with van der Waals surface area (Å²) in [6.45, 7) is 0. The van der Waals surface area contributed by atoms with Crippen LogP contribution < -0.4 is 4.74 Å². The van der Waals surface area contributed by atoms with Crippen LogP contribution in [-0.4, -0.2) is 22.2 Å². The Bertz CT molecular complexity index is 707. The number of hydrogen-bond donors (Lipinski definition) is 1. The van der Waals surface area contributed by atoms with Crippen molar-refractivity contribution in [3.05, 3.63) is 33.0 Å². The van der Waals surface area contributed by atoms with Crippen molar-refractivity contribution in [3.8, 4) is 22.9 Å². The number of aryl methyl sites for hydroxylation is 1. The molecule has 0 spiro atoms. The minimum Gasteiger partial charge on any atom is -0.503 e. The molecular weight excluding hydrogens is 356 g/mol. The Morgan fingerprint density at radius 1 is 1.24 bits per heavy atom. The van der Waals surface area contributed by atoms with Gasteiger partial charge in [-0.05, 0) is 53.7 Å². The van der Waals surface area contributed by atoms with Crippen LogP contribution in [-0.2, 0) is 12.8 Å². The smallest absolute Gasteiger partial charge is 0.172 e. The highest BCUT2D eigenvalue weighted by Crippen LogP contribution is 2.38. The van der Waals surface area contributed by atoms with Gasteiger partial charge in [0.05, 0.1) is 11.6 Å². The lowest BCUT2D eigenvalue weighted by Crippen LogP contribution is -2.08. The summed E-state index contributed by atoms with van der Waals surface area (Å²) in [5.41, 5.74) is 2.85. The topological polar surface area (TPSA) is 55.2 Å². The second-order valence-corrected chi connectivity index (χ2v) is 6.19. The summed E-state index contributed by atoms with van der Waals surface area (Å²) in [6.07, 6.45) is 4.13. The van der Waals surface area contributed by atoms with E-state index in [1.54, 1.807) is 12.1 Å². The number of ether oxygens (including phenoxy) is 1. The predicted octanol–water partition coefficient (Wildman–Crippen LogP) is 4.15. The third-order valence-electron chi connectivity index (χ3n) is 3.64. The van der Waals surface area contributed by atoms with Gasteiger partial charge >= 0.3 is 0 Å². The number of hydrogen-bond acceptors (Lipinski definition) is 4. The van der Waals surface area contributed by atoms with Crippen molar-refractivity contribution in [3.63, 3.8) is 0 Å². The van der Waals surface area contributed by atoms with Crippen LogP contribution in [0.2, 0.25) is 5.15 Å². The highest BCUT2D eigenvalue weighted by atomic mass is 79.9. The molecule has 0 fully saturated rings. The molecular formula is C15H14BrClN2O2. The first-order valence-corrected chi connectivity index (χ1v) is 7.89. The van der Waals surface area contributed by atoms with Gasteiger partial charge in [0.15, 0.2) is 17.3 Å². The summed E-state index contributed by atoms with van der Waals surface area (Å²) in [5, 5.41) is 10.4. The molecule has 2 aromatic rings. The van der Waals surface area contributed by atoms with Crippen LogP contribution in [0.15, 0.2) is 16.6 Å². The van der Waals surface area contributed by atoms with Crippen LogP contribution in [0, 0.1) is 0 Å². The zero-order valence-corrected chi connectivity index (χ0v) is 13.8. The molecule has 0 bridgehead atoms. The number of phenols is 1. The van der Waals surface area contributed by atoms with Gasteiger partial charge in [0.1, 0.15) is 5.15 Å². The van der Waals surface area contributed by atoms with Gasteiger partial charge in [0.25, 0.3) is 0 Å². The van der Waals surface area contributed by atoms with Crippen LogP contribution in [0.4, 0.5) is 0 Å². The van der Waals surface area contributed by atoms with Gasteiger partial charge in [0.2, 0.25) is 0 Å². The molecule has 3 rings (SSSR count). The molecule has 0 saturated heterocycles. The van der Waals surface area contributed by atoms with Crippen LogP contribution in [0.5, 0.6) is 11.5 Å². The Morgan fingerprint density at radius 3 is 2.76 bits per heavy atom. The van der Waals surface area contributed by atoms with E-state index in [4.69, 9.17) is 16.3 Å². The van der Waals surface area contributed by atoms with E-state index in [-0.39, 0.29) is 5.75 Å². The molecule has 6 heteroatoms. The van der Waals surface area contributed by atoms with Crippen molar-refractivity contribution in [2.45, 2.75) is 25.7 Å². The van der Waals surface area contributed by atoms with Crippen molar-refractivity contribution in [1.29, 1.82) is 0 Å². The lowest BCUT2D eigenvalue weighted by Gasteiger charge is -2.17. The van der Waals surface area contributed by atoms with Crippen LogP contribution in [0.25, 0.3) is 11.4 Å². The van der Waals surface area contributed by atoms with Gasteiger partial charge < -0.3 is 9.84 Å². The quantitative estimate of drug-likeness (QED) is 0.808. The first kappa shape index (κ1) is 14.6. The summed E-state index contributed by atoms with van der Waals surface area (Å²) in [5.74, 6) is 0.988. The molecule has 1 heterocycles. The van der Waals surface area contributed by atoms with Gasteiger partial charge in [-0.2, -0.15) is 0 Å². The number of phenolic OH excluding ortho intramolecular Hbond substituents is 1. The van der Waals surface area contributed by atoms with Gasteiger partial charge in [0, 0.05) is 16.8 Å². The molecule has 1 aromatic carbocycles. The maximum absolute atomic E-state index is 9.88. The molecule has 0 radical (unpaired) electrons. The number of methoxy groups -OCH3 is 1. The van der Waals surface area contributed by atoms with E-state index in [1.165, 1.54) is 7.11 Å². The summed E-state index contributed by atoms with van der Waals surface area (Å²) < 4.78 is 5.70. The SMILES string of the molecule is COc1cc(-c2nc(Cl)c3c(n2)CCCC3)cc(Br)c1O. The molecule has 0 aliphatic heterocycles.